The molecule has 0 atom stereocenters. The molecule has 0 heterocycles. The number of anilines is 1. The molecule has 0 unspecified atom stereocenters. The number of rotatable bonds is 7. The number of amides is 3. The zero-order chi connectivity index (χ0) is 20.4. The van der Waals surface area contributed by atoms with Crippen LogP contribution in [0.3, 0.4) is 0 Å². The first kappa shape index (κ1) is 21.9. The predicted molar refractivity (Wildman–Crippen MR) is 98.3 cm³/mol. The van der Waals surface area contributed by atoms with E-state index in [9.17, 15) is 19.2 Å². The van der Waals surface area contributed by atoms with E-state index in [-0.39, 0.29) is 18.9 Å². The van der Waals surface area contributed by atoms with Crippen LogP contribution in [0.1, 0.15) is 37.6 Å². The van der Waals surface area contributed by atoms with E-state index in [1.54, 1.807) is 45.0 Å². The van der Waals surface area contributed by atoms with Crippen LogP contribution in [-0.2, 0) is 19.1 Å². The van der Waals surface area contributed by atoms with Crippen molar-refractivity contribution >= 4 is 29.6 Å². The maximum Gasteiger partial charge on any atom is 0.407 e. The number of nitrogens with one attached hydrogen (secondary N) is 3. The first-order valence-corrected chi connectivity index (χ1v) is 8.35. The van der Waals surface area contributed by atoms with E-state index in [0.29, 0.717) is 11.3 Å². The quantitative estimate of drug-likeness (QED) is 0.616. The maximum absolute atomic E-state index is 11.8. The highest BCUT2D eigenvalue weighted by Gasteiger charge is 2.16. The van der Waals surface area contributed by atoms with Gasteiger partial charge in [-0.2, -0.15) is 0 Å². The summed E-state index contributed by atoms with van der Waals surface area (Å²) in [5.74, 6) is -1.38. The monoisotopic (exact) mass is 379 g/mol. The fourth-order valence-electron chi connectivity index (χ4n) is 1.85. The van der Waals surface area contributed by atoms with Crippen LogP contribution < -0.4 is 16.0 Å². The molecule has 0 saturated heterocycles. The van der Waals surface area contributed by atoms with Crippen LogP contribution in [-0.4, -0.2) is 49.7 Å². The minimum Gasteiger partial charge on any atom is -0.456 e. The van der Waals surface area contributed by atoms with E-state index in [2.05, 4.69) is 16.0 Å². The molecule has 1 rings (SSSR count). The zero-order valence-electron chi connectivity index (χ0n) is 15.9. The summed E-state index contributed by atoms with van der Waals surface area (Å²) in [5.41, 5.74) is 0.302. The molecule has 3 N–H and O–H groups in total. The van der Waals surface area contributed by atoms with Gasteiger partial charge in [-0.3, -0.25) is 14.4 Å². The van der Waals surface area contributed by atoms with Crippen molar-refractivity contribution in [3.8, 4) is 0 Å². The van der Waals surface area contributed by atoms with Crippen molar-refractivity contribution in [2.75, 3.05) is 25.5 Å². The number of esters is 1. The highest BCUT2D eigenvalue weighted by atomic mass is 16.6. The van der Waals surface area contributed by atoms with Gasteiger partial charge in [-0.1, -0.05) is 0 Å². The maximum atomic E-state index is 11.8. The number of carbonyl (C=O) groups is 4. The van der Waals surface area contributed by atoms with Crippen LogP contribution in [0.5, 0.6) is 0 Å². The van der Waals surface area contributed by atoms with Gasteiger partial charge in [0.05, 0.1) is 6.42 Å². The minimum atomic E-state index is -0.631. The first-order chi connectivity index (χ1) is 12.6. The van der Waals surface area contributed by atoms with E-state index in [1.165, 1.54) is 7.05 Å². The molecule has 0 radical (unpaired) electrons. The molecule has 148 valence electrons. The second kappa shape index (κ2) is 10.1. The Hall–Kier alpha value is -3.10. The Morgan fingerprint density at radius 3 is 2.22 bits per heavy atom. The van der Waals surface area contributed by atoms with Gasteiger partial charge in [-0.05, 0) is 45.0 Å². The van der Waals surface area contributed by atoms with Crippen molar-refractivity contribution in [1.82, 2.24) is 10.6 Å². The third-order valence-electron chi connectivity index (χ3n) is 3.02. The topological polar surface area (TPSA) is 123 Å². The molecular formula is C18H25N3O6. The number of benzene rings is 1. The molecule has 27 heavy (non-hydrogen) atoms. The molecule has 0 aliphatic heterocycles. The van der Waals surface area contributed by atoms with Crippen molar-refractivity contribution in [2.24, 2.45) is 0 Å². The molecule has 0 aliphatic carbocycles. The number of carbonyl (C=O) groups excluding carboxylic acids is 4. The van der Waals surface area contributed by atoms with Crippen molar-refractivity contribution in [2.45, 2.75) is 32.8 Å². The number of ether oxygens (including phenoxy) is 2. The van der Waals surface area contributed by atoms with Crippen LogP contribution in [0.25, 0.3) is 0 Å². The summed E-state index contributed by atoms with van der Waals surface area (Å²) in [5, 5.41) is 7.46. The molecule has 0 aliphatic rings. The summed E-state index contributed by atoms with van der Waals surface area (Å²) in [6, 6.07) is 6.25. The largest absolute Gasteiger partial charge is 0.456 e. The van der Waals surface area contributed by atoms with Crippen LogP contribution in [0.15, 0.2) is 24.3 Å². The Balaban J connectivity index is 2.28. The second-order valence-electron chi connectivity index (χ2n) is 6.54. The minimum absolute atomic E-state index is 0.0380. The third-order valence-corrected chi connectivity index (χ3v) is 3.02. The summed E-state index contributed by atoms with van der Waals surface area (Å²) in [7, 11) is 1.52. The summed E-state index contributed by atoms with van der Waals surface area (Å²) < 4.78 is 9.85. The van der Waals surface area contributed by atoms with Crippen LogP contribution >= 0.6 is 0 Å². The van der Waals surface area contributed by atoms with Gasteiger partial charge in [0, 0.05) is 24.8 Å². The average molecular weight is 379 g/mol. The Bertz CT molecular complexity index is 679. The summed E-state index contributed by atoms with van der Waals surface area (Å²) >= 11 is 0. The second-order valence-corrected chi connectivity index (χ2v) is 6.54. The van der Waals surface area contributed by atoms with Gasteiger partial charge in [-0.25, -0.2) is 4.79 Å². The predicted octanol–water partition coefficient (Wildman–Crippen LogP) is 1.44. The molecule has 1 aromatic carbocycles. The molecule has 0 saturated carbocycles. The third kappa shape index (κ3) is 9.24. The summed E-state index contributed by atoms with van der Waals surface area (Å²) in [4.78, 5) is 46.2. The van der Waals surface area contributed by atoms with Crippen LogP contribution in [0, 0.1) is 0 Å². The Morgan fingerprint density at radius 2 is 1.67 bits per heavy atom. The fraction of sp³-hybridized carbons (Fsp3) is 0.444. The van der Waals surface area contributed by atoms with E-state index in [0.717, 1.165) is 0 Å². The smallest absolute Gasteiger partial charge is 0.407 e. The number of hydrogen-bond donors (Lipinski definition) is 3. The highest BCUT2D eigenvalue weighted by molar-refractivity contribution is 5.96. The molecular weight excluding hydrogens is 354 g/mol. The summed E-state index contributed by atoms with van der Waals surface area (Å²) in [6.45, 7) is 4.77. The Morgan fingerprint density at radius 1 is 1.04 bits per heavy atom. The molecule has 1 aromatic rings. The van der Waals surface area contributed by atoms with Gasteiger partial charge < -0.3 is 25.4 Å². The van der Waals surface area contributed by atoms with Crippen molar-refractivity contribution in [1.29, 1.82) is 0 Å². The molecule has 9 heteroatoms. The van der Waals surface area contributed by atoms with E-state index >= 15 is 0 Å². The van der Waals surface area contributed by atoms with Crippen LogP contribution in [0.2, 0.25) is 0 Å². The van der Waals surface area contributed by atoms with Crippen LogP contribution in [0.4, 0.5) is 10.5 Å². The summed E-state index contributed by atoms with van der Waals surface area (Å²) in [6.07, 6.45) is -0.721. The van der Waals surface area contributed by atoms with Gasteiger partial charge in [0.2, 0.25) is 0 Å². The molecule has 0 bridgehead atoms. The molecule has 9 nitrogen and oxygen atoms in total. The molecule has 3 amide bonds. The zero-order valence-corrected chi connectivity index (χ0v) is 15.9. The standard InChI is InChI=1S/C18H25N3O6/c1-18(2,3)27-17(25)20-10-9-15(23)26-11-14(22)21-13-7-5-12(6-8-13)16(24)19-4/h5-8H,9-11H2,1-4H3,(H,19,24)(H,20,25)(H,21,22). The Kier molecular flexibility index (Phi) is 8.25. The SMILES string of the molecule is CNC(=O)c1ccc(NC(=O)COC(=O)CCNC(=O)OC(C)(C)C)cc1. The van der Waals surface area contributed by atoms with Crippen molar-refractivity contribution in [3.05, 3.63) is 29.8 Å². The number of alkyl carbamates (subject to hydrolysis) is 1. The number of hydrogen-bond acceptors (Lipinski definition) is 6. The van der Waals surface area contributed by atoms with Crippen molar-refractivity contribution in [3.63, 3.8) is 0 Å². The van der Waals surface area contributed by atoms with E-state index in [1.807, 2.05) is 0 Å². The van der Waals surface area contributed by atoms with Gasteiger partial charge in [0.1, 0.15) is 5.60 Å². The van der Waals surface area contributed by atoms with Gasteiger partial charge in [0.15, 0.2) is 6.61 Å². The van der Waals surface area contributed by atoms with E-state index < -0.39 is 30.2 Å². The lowest BCUT2D eigenvalue weighted by atomic mass is 10.2. The average Bonchev–Trinajstić information content (AvgIpc) is 2.58. The first-order valence-electron chi connectivity index (χ1n) is 8.35. The molecule has 0 spiro atoms. The fourth-order valence-corrected chi connectivity index (χ4v) is 1.85. The lowest BCUT2D eigenvalue weighted by Crippen LogP contribution is -2.34. The molecule has 0 aromatic heterocycles. The lowest BCUT2D eigenvalue weighted by molar-refractivity contribution is -0.147. The van der Waals surface area contributed by atoms with E-state index in [4.69, 9.17) is 9.47 Å². The van der Waals surface area contributed by atoms with Gasteiger partial charge >= 0.3 is 12.1 Å². The van der Waals surface area contributed by atoms with Gasteiger partial charge in [0.25, 0.3) is 11.8 Å². The normalized spacial score (nSPS) is 10.5. The lowest BCUT2D eigenvalue weighted by Gasteiger charge is -2.19. The highest BCUT2D eigenvalue weighted by Crippen LogP contribution is 2.09. The van der Waals surface area contributed by atoms with Crippen molar-refractivity contribution < 1.29 is 28.7 Å². The Labute approximate surface area is 157 Å². The molecule has 0 fully saturated rings. The van der Waals surface area contributed by atoms with Gasteiger partial charge in [-0.15, -0.1) is 0 Å².